The van der Waals surface area contributed by atoms with Gasteiger partial charge in [-0.05, 0) is 48.2 Å². The average Bonchev–Trinajstić information content (AvgIpc) is 2.84. The molecule has 0 bridgehead atoms. The van der Waals surface area contributed by atoms with Crippen molar-refractivity contribution in [3.8, 4) is 11.5 Å². The molecule has 5 nitrogen and oxygen atoms in total. The normalized spacial score (nSPS) is 11.5. The van der Waals surface area contributed by atoms with Crippen LogP contribution in [0.15, 0.2) is 66.7 Å². The number of halogens is 2. The number of methoxy groups -OCH3 is 2. The highest BCUT2D eigenvalue weighted by atomic mass is 35.5. The van der Waals surface area contributed by atoms with E-state index in [9.17, 15) is 4.79 Å². The number of carbonyl (C=O) groups excluding carboxylic acids is 1. The van der Waals surface area contributed by atoms with Gasteiger partial charge in [0.2, 0.25) is 5.91 Å². The van der Waals surface area contributed by atoms with Crippen LogP contribution in [0.5, 0.6) is 11.5 Å². The first-order chi connectivity index (χ1) is 16.0. The van der Waals surface area contributed by atoms with Gasteiger partial charge in [-0.25, -0.2) is 0 Å². The maximum atomic E-state index is 13.1. The van der Waals surface area contributed by atoms with E-state index in [2.05, 4.69) is 5.32 Å². The Hall–Kier alpha value is -2.89. The number of rotatable bonds is 10. The molecule has 0 aliphatic carbocycles. The predicted molar refractivity (Wildman–Crippen MR) is 135 cm³/mol. The van der Waals surface area contributed by atoms with Crippen LogP contribution in [0, 0.1) is 0 Å². The van der Waals surface area contributed by atoms with Crippen LogP contribution < -0.4 is 19.7 Å². The molecule has 0 fully saturated rings. The Balaban J connectivity index is 2.01. The van der Waals surface area contributed by atoms with E-state index in [4.69, 9.17) is 32.7 Å². The van der Waals surface area contributed by atoms with Crippen LogP contribution in [0.1, 0.15) is 23.6 Å². The first-order valence-electron chi connectivity index (χ1n) is 10.7. The van der Waals surface area contributed by atoms with Crippen molar-refractivity contribution in [2.24, 2.45) is 0 Å². The third-order valence-corrected chi connectivity index (χ3v) is 6.09. The van der Waals surface area contributed by atoms with Gasteiger partial charge in [0.05, 0.1) is 19.9 Å². The Kier molecular flexibility index (Phi) is 8.87. The highest BCUT2D eigenvalue weighted by molar-refractivity contribution is 6.35. The summed E-state index contributed by atoms with van der Waals surface area (Å²) >= 11 is 12.8. The molecule has 3 aromatic rings. The number of likely N-dealkylation sites (N-methyl/N-ethyl adjacent to an activating group) is 1. The van der Waals surface area contributed by atoms with Gasteiger partial charge in [-0.2, -0.15) is 0 Å². The summed E-state index contributed by atoms with van der Waals surface area (Å²) in [4.78, 5) is 15.1. The molecule has 0 saturated heterocycles. The zero-order valence-electron chi connectivity index (χ0n) is 19.0. The van der Waals surface area contributed by atoms with Crippen molar-refractivity contribution in [2.45, 2.75) is 18.9 Å². The minimum Gasteiger partial charge on any atom is -0.493 e. The monoisotopic (exact) mass is 486 g/mol. The number of benzene rings is 3. The minimum absolute atomic E-state index is 0.126. The molecule has 7 heteroatoms. The van der Waals surface area contributed by atoms with Gasteiger partial charge in [0, 0.05) is 18.6 Å². The summed E-state index contributed by atoms with van der Waals surface area (Å²) in [5, 5.41) is 3.91. The summed E-state index contributed by atoms with van der Waals surface area (Å²) in [5.41, 5.74) is 2.74. The molecule has 174 valence electrons. The Morgan fingerprint density at radius 2 is 1.67 bits per heavy atom. The molecular weight excluding hydrogens is 459 g/mol. The van der Waals surface area contributed by atoms with Crippen LogP contribution in [0.25, 0.3) is 0 Å². The molecule has 1 N–H and O–H groups in total. The second-order valence-corrected chi connectivity index (χ2v) is 8.30. The van der Waals surface area contributed by atoms with E-state index < -0.39 is 6.04 Å². The number of amides is 1. The molecule has 0 saturated carbocycles. The molecule has 1 unspecified atom stereocenters. The lowest BCUT2D eigenvalue weighted by atomic mass is 10.0. The smallest absolute Gasteiger partial charge is 0.247 e. The van der Waals surface area contributed by atoms with Crippen molar-refractivity contribution in [2.75, 3.05) is 32.7 Å². The van der Waals surface area contributed by atoms with Crippen molar-refractivity contribution in [3.63, 3.8) is 0 Å². The number of hydrogen-bond acceptors (Lipinski definition) is 4. The van der Waals surface area contributed by atoms with Crippen molar-refractivity contribution in [1.29, 1.82) is 0 Å². The van der Waals surface area contributed by atoms with Gasteiger partial charge >= 0.3 is 0 Å². The zero-order valence-corrected chi connectivity index (χ0v) is 20.5. The van der Waals surface area contributed by atoms with E-state index in [1.807, 2.05) is 65.6 Å². The van der Waals surface area contributed by atoms with Gasteiger partial charge in [-0.3, -0.25) is 4.79 Å². The third-order valence-electron chi connectivity index (χ3n) is 5.47. The molecule has 0 aromatic heterocycles. The van der Waals surface area contributed by atoms with Gasteiger partial charge in [0.15, 0.2) is 11.5 Å². The van der Waals surface area contributed by atoms with Gasteiger partial charge < -0.3 is 19.7 Å². The molecular formula is C26H28Cl2N2O3. The van der Waals surface area contributed by atoms with Crippen LogP contribution in [0.2, 0.25) is 10.0 Å². The highest BCUT2D eigenvalue weighted by Crippen LogP contribution is 2.43. The highest BCUT2D eigenvalue weighted by Gasteiger charge is 2.30. The topological polar surface area (TPSA) is 50.8 Å². The SMILES string of the molecule is CNC(=O)C(c1ccccc1)N(CCCc1ccc(Cl)cc1)c1ccc(OC)c(OC)c1Cl. The fourth-order valence-electron chi connectivity index (χ4n) is 3.84. The maximum absolute atomic E-state index is 13.1. The Labute approximate surface area is 205 Å². The summed E-state index contributed by atoms with van der Waals surface area (Å²) in [6.07, 6.45) is 1.63. The van der Waals surface area contributed by atoms with Crippen molar-refractivity contribution in [1.82, 2.24) is 5.32 Å². The lowest BCUT2D eigenvalue weighted by Gasteiger charge is -2.34. The van der Waals surface area contributed by atoms with Crippen LogP contribution in [-0.2, 0) is 11.2 Å². The van der Waals surface area contributed by atoms with Crippen molar-refractivity contribution < 1.29 is 14.3 Å². The average molecular weight is 487 g/mol. The standard InChI is InChI=1S/C26H28Cl2N2O3/c1-29-26(31)24(19-9-5-4-6-10-19)30(17-7-8-18-11-13-20(27)14-12-18)21-15-16-22(32-2)25(33-3)23(21)28/h4-6,9-16,24H,7-8,17H2,1-3H3,(H,29,31). The Morgan fingerprint density at radius 1 is 0.970 bits per heavy atom. The van der Waals surface area contributed by atoms with Gasteiger partial charge in [-0.1, -0.05) is 65.7 Å². The Bertz CT molecular complexity index is 1060. The lowest BCUT2D eigenvalue weighted by molar-refractivity contribution is -0.122. The lowest BCUT2D eigenvalue weighted by Crippen LogP contribution is -2.40. The number of nitrogens with one attached hydrogen (secondary N) is 1. The molecule has 0 spiro atoms. The number of aryl methyl sites for hydroxylation is 1. The van der Waals surface area contributed by atoms with E-state index in [-0.39, 0.29) is 5.91 Å². The minimum atomic E-state index is -0.572. The molecule has 0 radical (unpaired) electrons. The second kappa shape index (κ2) is 11.8. The molecule has 1 amide bonds. The van der Waals surface area contributed by atoms with E-state index in [0.29, 0.717) is 33.8 Å². The van der Waals surface area contributed by atoms with E-state index in [1.165, 1.54) is 5.56 Å². The van der Waals surface area contributed by atoms with Gasteiger partial charge in [0.25, 0.3) is 0 Å². The summed E-state index contributed by atoms with van der Waals surface area (Å²) in [6, 6.07) is 20.6. The predicted octanol–water partition coefficient (Wildman–Crippen LogP) is 5.94. The number of nitrogens with zero attached hydrogens (tertiary/aromatic N) is 1. The molecule has 33 heavy (non-hydrogen) atoms. The van der Waals surface area contributed by atoms with Crippen molar-refractivity contribution >= 4 is 34.8 Å². The summed E-state index contributed by atoms with van der Waals surface area (Å²) in [5.74, 6) is 0.838. The summed E-state index contributed by atoms with van der Waals surface area (Å²) in [7, 11) is 4.75. The van der Waals surface area contributed by atoms with Crippen LogP contribution in [0.3, 0.4) is 0 Å². The zero-order chi connectivity index (χ0) is 23.8. The quantitative estimate of drug-likeness (QED) is 0.385. The first-order valence-corrected chi connectivity index (χ1v) is 11.4. The fraction of sp³-hybridized carbons (Fsp3) is 0.269. The van der Waals surface area contributed by atoms with E-state index in [0.717, 1.165) is 18.4 Å². The largest absolute Gasteiger partial charge is 0.493 e. The van der Waals surface area contributed by atoms with E-state index in [1.54, 1.807) is 27.3 Å². The second-order valence-electron chi connectivity index (χ2n) is 7.49. The molecule has 1 atom stereocenters. The van der Waals surface area contributed by atoms with Gasteiger partial charge in [0.1, 0.15) is 11.1 Å². The maximum Gasteiger partial charge on any atom is 0.247 e. The molecule has 3 rings (SSSR count). The third kappa shape index (κ3) is 5.92. The number of ether oxygens (including phenoxy) is 2. The molecule has 0 aliphatic rings. The molecule has 0 aliphatic heterocycles. The van der Waals surface area contributed by atoms with Crippen LogP contribution in [-0.4, -0.2) is 33.7 Å². The molecule has 3 aromatic carbocycles. The van der Waals surface area contributed by atoms with E-state index >= 15 is 0 Å². The van der Waals surface area contributed by atoms with Gasteiger partial charge in [-0.15, -0.1) is 0 Å². The first kappa shape index (κ1) is 24.7. The summed E-state index contributed by atoms with van der Waals surface area (Å²) in [6.45, 7) is 0.588. The van der Waals surface area contributed by atoms with Crippen molar-refractivity contribution in [3.05, 3.63) is 87.9 Å². The number of anilines is 1. The fourth-order valence-corrected chi connectivity index (χ4v) is 4.31. The summed E-state index contributed by atoms with van der Waals surface area (Å²) < 4.78 is 10.9. The van der Waals surface area contributed by atoms with Crippen LogP contribution >= 0.6 is 23.2 Å². The number of hydrogen-bond donors (Lipinski definition) is 1. The Morgan fingerprint density at radius 3 is 2.27 bits per heavy atom. The van der Waals surface area contributed by atoms with Crippen LogP contribution in [0.4, 0.5) is 5.69 Å². The molecule has 0 heterocycles. The number of carbonyl (C=O) groups is 1.